The topological polar surface area (TPSA) is 38.3 Å². The van der Waals surface area contributed by atoms with Crippen LogP contribution >= 0.6 is 15.9 Å². The molecule has 0 radical (unpaired) electrons. The molecule has 0 aliphatic carbocycles. The molecule has 0 aliphatic heterocycles. The van der Waals surface area contributed by atoms with Gasteiger partial charge in [-0.1, -0.05) is 28.1 Å². The van der Waals surface area contributed by atoms with Gasteiger partial charge in [-0.25, -0.2) is 0 Å². The first-order valence-electron chi connectivity index (χ1n) is 5.52. The van der Waals surface area contributed by atoms with Crippen molar-refractivity contribution in [1.82, 2.24) is 5.32 Å². The van der Waals surface area contributed by atoms with Gasteiger partial charge in [0.05, 0.1) is 6.54 Å². The summed E-state index contributed by atoms with van der Waals surface area (Å²) in [5.41, 5.74) is 0.911. The Morgan fingerprint density at radius 2 is 1.88 bits per heavy atom. The van der Waals surface area contributed by atoms with Gasteiger partial charge in [-0.2, -0.15) is 0 Å². The summed E-state index contributed by atoms with van der Waals surface area (Å²) in [6, 6.07) is 7.70. The number of benzene rings is 1. The van der Waals surface area contributed by atoms with Crippen LogP contribution in [0.15, 0.2) is 28.7 Å². The minimum atomic E-state index is -0.233. The van der Waals surface area contributed by atoms with E-state index in [-0.39, 0.29) is 18.1 Å². The van der Waals surface area contributed by atoms with Crippen molar-refractivity contribution in [2.24, 2.45) is 0 Å². The van der Waals surface area contributed by atoms with Crippen LogP contribution in [-0.4, -0.2) is 18.1 Å². The minimum absolute atomic E-state index is 0.0728. The molecule has 0 spiro atoms. The lowest BCUT2D eigenvalue weighted by molar-refractivity contribution is -0.144. The Labute approximate surface area is 111 Å². The molecule has 0 fully saturated rings. The zero-order chi connectivity index (χ0) is 12.9. The van der Waals surface area contributed by atoms with E-state index in [0.29, 0.717) is 6.61 Å². The molecule has 4 heteroatoms. The minimum Gasteiger partial charge on any atom is -0.460 e. The third kappa shape index (κ3) is 6.44. The molecule has 0 saturated carbocycles. The highest BCUT2D eigenvalue weighted by atomic mass is 79.9. The summed E-state index contributed by atoms with van der Waals surface area (Å²) in [7, 11) is 0. The van der Waals surface area contributed by atoms with Crippen molar-refractivity contribution in [3.63, 3.8) is 0 Å². The van der Waals surface area contributed by atoms with E-state index in [1.165, 1.54) is 0 Å². The maximum Gasteiger partial charge on any atom is 0.320 e. The largest absolute Gasteiger partial charge is 0.460 e. The molecule has 0 unspecified atom stereocenters. The van der Waals surface area contributed by atoms with Crippen molar-refractivity contribution in [3.05, 3.63) is 34.3 Å². The predicted octanol–water partition coefficient (Wildman–Crippen LogP) is 2.88. The van der Waals surface area contributed by atoms with Gasteiger partial charge in [0.2, 0.25) is 0 Å². The second-order valence-corrected chi connectivity index (χ2v) is 5.81. The number of ether oxygens (including phenoxy) is 1. The van der Waals surface area contributed by atoms with Crippen LogP contribution in [0.4, 0.5) is 0 Å². The van der Waals surface area contributed by atoms with Crippen LogP contribution in [0.2, 0.25) is 0 Å². The number of carbonyl (C=O) groups excluding carboxylic acids is 1. The van der Waals surface area contributed by atoms with Gasteiger partial charge in [0.1, 0.15) is 6.61 Å². The highest BCUT2D eigenvalue weighted by Crippen LogP contribution is 2.11. The van der Waals surface area contributed by atoms with Crippen LogP contribution in [0.1, 0.15) is 26.3 Å². The third-order valence-corrected chi connectivity index (χ3v) is 2.60. The molecule has 3 nitrogen and oxygen atoms in total. The summed E-state index contributed by atoms with van der Waals surface area (Å²) in [5, 5.41) is 3.08. The van der Waals surface area contributed by atoms with Gasteiger partial charge in [-0.05, 0) is 38.5 Å². The highest BCUT2D eigenvalue weighted by molar-refractivity contribution is 9.10. The van der Waals surface area contributed by atoms with Gasteiger partial charge >= 0.3 is 5.97 Å². The number of hydrogen-bond donors (Lipinski definition) is 1. The van der Waals surface area contributed by atoms with E-state index in [2.05, 4.69) is 21.2 Å². The summed E-state index contributed by atoms with van der Waals surface area (Å²) < 4.78 is 6.16. The second-order valence-electron chi connectivity index (χ2n) is 4.89. The first kappa shape index (κ1) is 14.2. The Morgan fingerprint density at radius 3 is 2.41 bits per heavy atom. The van der Waals surface area contributed by atoms with Crippen molar-refractivity contribution in [3.8, 4) is 0 Å². The number of rotatable bonds is 4. The lowest BCUT2D eigenvalue weighted by Gasteiger charge is -2.19. The molecule has 0 aromatic heterocycles. The van der Waals surface area contributed by atoms with Gasteiger partial charge in [0, 0.05) is 10.0 Å². The molecule has 17 heavy (non-hydrogen) atoms. The molecule has 0 heterocycles. The molecule has 94 valence electrons. The van der Waals surface area contributed by atoms with E-state index >= 15 is 0 Å². The molecule has 1 N–H and O–H groups in total. The summed E-state index contributed by atoms with van der Waals surface area (Å²) >= 11 is 3.35. The fourth-order valence-corrected chi connectivity index (χ4v) is 1.40. The van der Waals surface area contributed by atoms with Crippen LogP contribution in [0.5, 0.6) is 0 Å². The lowest BCUT2D eigenvalue weighted by atomic mass is 10.1. The zero-order valence-corrected chi connectivity index (χ0v) is 12.0. The van der Waals surface area contributed by atoms with E-state index in [1.807, 2.05) is 45.0 Å². The molecule has 0 amide bonds. The summed E-state index contributed by atoms with van der Waals surface area (Å²) in [5.74, 6) is -0.233. The maximum atomic E-state index is 11.4. The number of carbonyl (C=O) groups is 1. The summed E-state index contributed by atoms with van der Waals surface area (Å²) in [6.07, 6.45) is 0. The van der Waals surface area contributed by atoms with Crippen molar-refractivity contribution < 1.29 is 9.53 Å². The van der Waals surface area contributed by atoms with Gasteiger partial charge in [0.15, 0.2) is 0 Å². The smallest absolute Gasteiger partial charge is 0.320 e. The highest BCUT2D eigenvalue weighted by Gasteiger charge is 2.11. The van der Waals surface area contributed by atoms with E-state index < -0.39 is 0 Å². The van der Waals surface area contributed by atoms with Crippen LogP contribution in [0, 0.1) is 0 Å². The van der Waals surface area contributed by atoms with Crippen LogP contribution in [0.25, 0.3) is 0 Å². The van der Waals surface area contributed by atoms with Crippen molar-refractivity contribution >= 4 is 21.9 Å². The molecule has 0 saturated heterocycles. The molecular weight excluding hydrogens is 282 g/mol. The fourth-order valence-electron chi connectivity index (χ4n) is 1.13. The Bertz CT molecular complexity index is 368. The Kier molecular flexibility index (Phi) is 5.15. The summed E-state index contributed by atoms with van der Waals surface area (Å²) in [6.45, 7) is 6.58. The van der Waals surface area contributed by atoms with Crippen LogP contribution in [0.3, 0.4) is 0 Å². The fraction of sp³-hybridized carbons (Fsp3) is 0.462. The molecule has 0 bridgehead atoms. The molecule has 1 aromatic rings. The quantitative estimate of drug-likeness (QED) is 0.869. The molecule has 1 rings (SSSR count). The predicted molar refractivity (Wildman–Crippen MR) is 71.7 cm³/mol. The average molecular weight is 300 g/mol. The van der Waals surface area contributed by atoms with Crippen molar-refractivity contribution in [2.45, 2.75) is 32.9 Å². The monoisotopic (exact) mass is 299 g/mol. The Morgan fingerprint density at radius 1 is 1.29 bits per heavy atom. The van der Waals surface area contributed by atoms with E-state index in [1.54, 1.807) is 0 Å². The maximum absolute atomic E-state index is 11.4. The summed E-state index contributed by atoms with van der Waals surface area (Å²) in [4.78, 5) is 11.4. The van der Waals surface area contributed by atoms with E-state index in [0.717, 1.165) is 10.0 Å². The molecule has 1 aromatic carbocycles. The van der Waals surface area contributed by atoms with Gasteiger partial charge in [0.25, 0.3) is 0 Å². The first-order chi connectivity index (χ1) is 7.87. The average Bonchev–Trinajstić information content (AvgIpc) is 2.25. The third-order valence-electron chi connectivity index (χ3n) is 2.08. The van der Waals surface area contributed by atoms with E-state index in [4.69, 9.17) is 4.74 Å². The standard InChI is InChI=1S/C13H18BrNO2/c1-13(2,3)15-8-12(16)17-9-10-4-6-11(14)7-5-10/h4-7,15H,8-9H2,1-3H3. The molecule has 0 atom stereocenters. The normalized spacial score (nSPS) is 11.3. The number of halogens is 1. The zero-order valence-electron chi connectivity index (χ0n) is 10.4. The van der Waals surface area contributed by atoms with Crippen molar-refractivity contribution in [1.29, 1.82) is 0 Å². The number of nitrogens with one attached hydrogen (secondary N) is 1. The number of esters is 1. The molecule has 0 aliphatic rings. The SMILES string of the molecule is CC(C)(C)NCC(=O)OCc1ccc(Br)cc1. The Hall–Kier alpha value is -0.870. The Balaban J connectivity index is 2.31. The lowest BCUT2D eigenvalue weighted by Crippen LogP contribution is -2.39. The van der Waals surface area contributed by atoms with Gasteiger partial charge in [-0.15, -0.1) is 0 Å². The van der Waals surface area contributed by atoms with Gasteiger partial charge in [-0.3, -0.25) is 4.79 Å². The van der Waals surface area contributed by atoms with E-state index in [9.17, 15) is 4.79 Å². The second kappa shape index (κ2) is 6.17. The van der Waals surface area contributed by atoms with Crippen LogP contribution in [-0.2, 0) is 16.1 Å². The van der Waals surface area contributed by atoms with Crippen molar-refractivity contribution in [2.75, 3.05) is 6.54 Å². The van der Waals surface area contributed by atoms with Crippen LogP contribution < -0.4 is 5.32 Å². The first-order valence-corrected chi connectivity index (χ1v) is 6.31. The number of hydrogen-bond acceptors (Lipinski definition) is 3. The molecular formula is C13H18BrNO2. The van der Waals surface area contributed by atoms with Gasteiger partial charge < -0.3 is 10.1 Å².